The molecule has 0 saturated heterocycles. The maximum atomic E-state index is 5.65. The highest BCUT2D eigenvalue weighted by molar-refractivity contribution is 5.63. The number of anilines is 3. The van der Waals surface area contributed by atoms with Gasteiger partial charge in [0.1, 0.15) is 0 Å². The average Bonchev–Trinajstić information content (AvgIpc) is 1.99. The van der Waals surface area contributed by atoms with Crippen LogP contribution in [0.2, 0.25) is 0 Å². The molecule has 72 valence electrons. The van der Waals surface area contributed by atoms with Crippen molar-refractivity contribution in [2.75, 3.05) is 23.3 Å². The molecule has 0 unspecified atom stereocenters. The van der Waals surface area contributed by atoms with Crippen LogP contribution in [0.5, 0.6) is 0 Å². The van der Waals surface area contributed by atoms with Gasteiger partial charge in [-0.15, -0.1) is 0 Å². The van der Waals surface area contributed by atoms with E-state index in [4.69, 9.17) is 11.5 Å². The molecule has 13 heavy (non-hydrogen) atoms. The van der Waals surface area contributed by atoms with E-state index in [2.05, 4.69) is 19.2 Å². The van der Waals surface area contributed by atoms with Crippen molar-refractivity contribution in [2.24, 2.45) is 5.92 Å². The summed E-state index contributed by atoms with van der Waals surface area (Å²) >= 11 is 0. The Labute approximate surface area is 79.1 Å². The molecule has 0 amide bonds. The summed E-state index contributed by atoms with van der Waals surface area (Å²) in [7, 11) is 0. The van der Waals surface area contributed by atoms with Gasteiger partial charge in [-0.3, -0.25) is 0 Å². The van der Waals surface area contributed by atoms with Crippen LogP contribution in [0.25, 0.3) is 0 Å². The Balaban J connectivity index is 2.66. The Hall–Kier alpha value is -1.38. The molecule has 0 aromatic heterocycles. The monoisotopic (exact) mass is 179 g/mol. The third-order valence-corrected chi connectivity index (χ3v) is 1.69. The Morgan fingerprint density at radius 1 is 1.15 bits per heavy atom. The second-order valence-electron chi connectivity index (χ2n) is 3.66. The lowest BCUT2D eigenvalue weighted by molar-refractivity contribution is 0.689. The van der Waals surface area contributed by atoms with Crippen LogP contribution in [0.3, 0.4) is 0 Å². The van der Waals surface area contributed by atoms with Crippen molar-refractivity contribution in [2.45, 2.75) is 13.8 Å². The molecule has 1 rings (SSSR count). The van der Waals surface area contributed by atoms with Gasteiger partial charge in [0, 0.05) is 23.6 Å². The van der Waals surface area contributed by atoms with Gasteiger partial charge in [0.25, 0.3) is 0 Å². The maximum absolute atomic E-state index is 5.65. The van der Waals surface area contributed by atoms with Gasteiger partial charge >= 0.3 is 0 Å². The first-order chi connectivity index (χ1) is 6.08. The summed E-state index contributed by atoms with van der Waals surface area (Å²) in [5.41, 5.74) is 13.7. The van der Waals surface area contributed by atoms with Gasteiger partial charge < -0.3 is 16.8 Å². The molecular weight excluding hydrogens is 162 g/mol. The van der Waals surface area contributed by atoms with Crippen LogP contribution in [-0.4, -0.2) is 6.54 Å². The topological polar surface area (TPSA) is 64.1 Å². The van der Waals surface area contributed by atoms with Gasteiger partial charge in [-0.05, 0) is 24.1 Å². The van der Waals surface area contributed by atoms with E-state index in [-0.39, 0.29) is 0 Å². The van der Waals surface area contributed by atoms with Crippen molar-refractivity contribution in [1.29, 1.82) is 0 Å². The zero-order valence-electron chi connectivity index (χ0n) is 8.17. The predicted octanol–water partition coefficient (Wildman–Crippen LogP) is 1.92. The lowest BCUT2D eigenvalue weighted by atomic mass is 10.2. The highest BCUT2D eigenvalue weighted by Crippen LogP contribution is 2.18. The molecule has 0 aliphatic carbocycles. The fourth-order valence-electron chi connectivity index (χ4n) is 1.10. The fourth-order valence-corrected chi connectivity index (χ4v) is 1.10. The lowest BCUT2D eigenvalue weighted by Gasteiger charge is -2.10. The molecule has 0 aliphatic rings. The van der Waals surface area contributed by atoms with Crippen LogP contribution in [0.4, 0.5) is 17.1 Å². The van der Waals surface area contributed by atoms with Crippen LogP contribution in [0.15, 0.2) is 18.2 Å². The Morgan fingerprint density at radius 3 is 2.15 bits per heavy atom. The Bertz CT molecular complexity index is 261. The number of benzene rings is 1. The Morgan fingerprint density at radius 2 is 1.69 bits per heavy atom. The van der Waals surface area contributed by atoms with E-state index in [1.54, 1.807) is 6.07 Å². The molecule has 0 bridgehead atoms. The number of rotatable bonds is 3. The van der Waals surface area contributed by atoms with E-state index in [0.29, 0.717) is 17.3 Å². The van der Waals surface area contributed by atoms with E-state index in [0.717, 1.165) is 12.2 Å². The first-order valence-electron chi connectivity index (χ1n) is 4.48. The molecule has 0 aliphatic heterocycles. The normalized spacial score (nSPS) is 10.4. The van der Waals surface area contributed by atoms with E-state index in [1.807, 2.05) is 12.1 Å². The van der Waals surface area contributed by atoms with Gasteiger partial charge in [0.15, 0.2) is 0 Å². The Kier molecular flexibility index (Phi) is 3.01. The molecule has 1 aromatic carbocycles. The maximum Gasteiger partial charge on any atom is 0.0381 e. The molecule has 0 radical (unpaired) electrons. The van der Waals surface area contributed by atoms with E-state index >= 15 is 0 Å². The van der Waals surface area contributed by atoms with Crippen molar-refractivity contribution in [3.05, 3.63) is 18.2 Å². The van der Waals surface area contributed by atoms with Crippen molar-refractivity contribution < 1.29 is 0 Å². The van der Waals surface area contributed by atoms with Crippen molar-refractivity contribution in [1.82, 2.24) is 0 Å². The van der Waals surface area contributed by atoms with Gasteiger partial charge in [-0.2, -0.15) is 0 Å². The number of hydrogen-bond donors (Lipinski definition) is 3. The third-order valence-electron chi connectivity index (χ3n) is 1.69. The quantitative estimate of drug-likeness (QED) is 0.621. The zero-order chi connectivity index (χ0) is 9.84. The van der Waals surface area contributed by atoms with Crippen LogP contribution in [0.1, 0.15) is 13.8 Å². The summed E-state index contributed by atoms with van der Waals surface area (Å²) in [5, 5.41) is 3.27. The van der Waals surface area contributed by atoms with Crippen LogP contribution in [0, 0.1) is 5.92 Å². The highest BCUT2D eigenvalue weighted by Gasteiger charge is 1.97. The minimum absolute atomic E-state index is 0.614. The summed E-state index contributed by atoms with van der Waals surface area (Å²) in [6, 6.07) is 5.53. The minimum Gasteiger partial charge on any atom is -0.399 e. The summed E-state index contributed by atoms with van der Waals surface area (Å²) < 4.78 is 0. The zero-order valence-corrected chi connectivity index (χ0v) is 8.17. The van der Waals surface area contributed by atoms with Crippen LogP contribution >= 0.6 is 0 Å². The van der Waals surface area contributed by atoms with Crippen molar-refractivity contribution in [3.8, 4) is 0 Å². The van der Waals surface area contributed by atoms with E-state index < -0.39 is 0 Å². The molecule has 5 N–H and O–H groups in total. The number of nitrogens with two attached hydrogens (primary N) is 2. The predicted molar refractivity (Wildman–Crippen MR) is 58.6 cm³/mol. The number of hydrogen-bond acceptors (Lipinski definition) is 3. The highest BCUT2D eigenvalue weighted by atomic mass is 14.9. The smallest absolute Gasteiger partial charge is 0.0381 e. The van der Waals surface area contributed by atoms with Crippen molar-refractivity contribution in [3.63, 3.8) is 0 Å². The van der Waals surface area contributed by atoms with Crippen LogP contribution < -0.4 is 16.8 Å². The van der Waals surface area contributed by atoms with Crippen molar-refractivity contribution >= 4 is 17.1 Å². The molecule has 0 spiro atoms. The van der Waals surface area contributed by atoms with Gasteiger partial charge in [0.2, 0.25) is 0 Å². The molecule has 3 heteroatoms. The summed E-state index contributed by atoms with van der Waals surface area (Å²) in [6.07, 6.45) is 0. The number of nitrogens with one attached hydrogen (secondary N) is 1. The second-order valence-corrected chi connectivity index (χ2v) is 3.66. The standard InChI is InChI=1S/C10H17N3/c1-7(2)6-13-10-4-8(11)3-9(12)5-10/h3-5,7,13H,6,11-12H2,1-2H3. The van der Waals surface area contributed by atoms with E-state index in [1.165, 1.54) is 0 Å². The molecule has 1 aromatic rings. The second kappa shape index (κ2) is 4.03. The summed E-state index contributed by atoms with van der Waals surface area (Å²) in [4.78, 5) is 0. The summed E-state index contributed by atoms with van der Waals surface area (Å²) in [5.74, 6) is 0.614. The number of nitrogen functional groups attached to an aromatic ring is 2. The largest absolute Gasteiger partial charge is 0.399 e. The van der Waals surface area contributed by atoms with Gasteiger partial charge in [-0.25, -0.2) is 0 Å². The third kappa shape index (κ3) is 3.23. The minimum atomic E-state index is 0.614. The summed E-state index contributed by atoms with van der Waals surface area (Å²) in [6.45, 7) is 5.24. The van der Waals surface area contributed by atoms with Crippen LogP contribution in [-0.2, 0) is 0 Å². The van der Waals surface area contributed by atoms with Gasteiger partial charge in [-0.1, -0.05) is 13.8 Å². The first kappa shape index (κ1) is 9.71. The molecule has 0 atom stereocenters. The molecule has 0 fully saturated rings. The molecule has 0 heterocycles. The van der Waals surface area contributed by atoms with E-state index in [9.17, 15) is 0 Å². The molecule has 0 saturated carbocycles. The van der Waals surface area contributed by atoms with Gasteiger partial charge in [0.05, 0.1) is 0 Å². The first-order valence-corrected chi connectivity index (χ1v) is 4.48. The fraction of sp³-hybridized carbons (Fsp3) is 0.400. The SMILES string of the molecule is CC(C)CNc1cc(N)cc(N)c1. The molecule has 3 nitrogen and oxygen atoms in total. The lowest BCUT2D eigenvalue weighted by Crippen LogP contribution is -2.08. The average molecular weight is 179 g/mol. The molecular formula is C10H17N3.